The summed E-state index contributed by atoms with van der Waals surface area (Å²) in [6.07, 6.45) is 1.27. The van der Waals surface area contributed by atoms with Crippen LogP contribution in [0, 0.1) is 5.82 Å². The number of amides is 4. The number of carbonyl (C=O) groups is 3. The van der Waals surface area contributed by atoms with Crippen LogP contribution in [0.5, 0.6) is 5.75 Å². The van der Waals surface area contributed by atoms with E-state index < -0.39 is 23.7 Å². The SMILES string of the molecule is O=C1NC(=O)N(c2ccccc2F)C(=O)/C1=C\c1ccc(OCc2cccc(Cl)c2)c(Cl)c1. The van der Waals surface area contributed by atoms with Crippen LogP contribution in [0.4, 0.5) is 14.9 Å². The highest BCUT2D eigenvalue weighted by atomic mass is 35.5. The zero-order chi connectivity index (χ0) is 23.5. The van der Waals surface area contributed by atoms with Gasteiger partial charge in [0.25, 0.3) is 11.8 Å². The fourth-order valence-corrected chi connectivity index (χ4v) is 3.64. The Kier molecular flexibility index (Phi) is 6.44. The lowest BCUT2D eigenvalue weighted by molar-refractivity contribution is -0.122. The first-order chi connectivity index (χ1) is 15.8. The van der Waals surface area contributed by atoms with Crippen LogP contribution in [-0.4, -0.2) is 17.8 Å². The molecule has 1 fully saturated rings. The summed E-state index contributed by atoms with van der Waals surface area (Å²) in [6, 6.07) is 16.1. The van der Waals surface area contributed by atoms with Gasteiger partial charge in [-0.1, -0.05) is 53.5 Å². The topological polar surface area (TPSA) is 75.7 Å². The molecule has 0 saturated carbocycles. The molecule has 0 aliphatic carbocycles. The number of nitrogens with one attached hydrogen (secondary N) is 1. The van der Waals surface area contributed by atoms with Gasteiger partial charge in [0.1, 0.15) is 23.7 Å². The van der Waals surface area contributed by atoms with E-state index in [-0.39, 0.29) is 22.9 Å². The second-order valence-corrected chi connectivity index (χ2v) is 7.86. The predicted octanol–water partition coefficient (Wildman–Crippen LogP) is 5.38. The molecule has 0 spiro atoms. The van der Waals surface area contributed by atoms with Crippen LogP contribution in [0.1, 0.15) is 11.1 Å². The van der Waals surface area contributed by atoms with Gasteiger partial charge in [-0.3, -0.25) is 14.9 Å². The minimum atomic E-state index is -1.03. The van der Waals surface area contributed by atoms with Crippen LogP contribution in [0.2, 0.25) is 10.0 Å². The molecule has 0 aromatic heterocycles. The Hall–Kier alpha value is -3.68. The van der Waals surface area contributed by atoms with Crippen molar-refractivity contribution >= 4 is 52.8 Å². The first-order valence-corrected chi connectivity index (χ1v) is 10.4. The molecule has 4 amide bonds. The molecule has 1 saturated heterocycles. The van der Waals surface area contributed by atoms with Gasteiger partial charge >= 0.3 is 6.03 Å². The van der Waals surface area contributed by atoms with Crippen LogP contribution in [0.3, 0.4) is 0 Å². The summed E-state index contributed by atoms with van der Waals surface area (Å²) >= 11 is 12.3. The summed E-state index contributed by atoms with van der Waals surface area (Å²) < 4.78 is 19.9. The zero-order valence-corrected chi connectivity index (χ0v) is 18.4. The number of barbiturate groups is 1. The zero-order valence-electron chi connectivity index (χ0n) is 16.8. The maximum atomic E-state index is 14.2. The lowest BCUT2D eigenvalue weighted by Crippen LogP contribution is -2.54. The fraction of sp³-hybridized carbons (Fsp3) is 0.0417. The molecule has 166 valence electrons. The van der Waals surface area contributed by atoms with Gasteiger partial charge in [-0.25, -0.2) is 14.1 Å². The van der Waals surface area contributed by atoms with Crippen molar-refractivity contribution in [3.63, 3.8) is 0 Å². The molecule has 33 heavy (non-hydrogen) atoms. The second kappa shape index (κ2) is 9.44. The van der Waals surface area contributed by atoms with Crippen LogP contribution < -0.4 is 15.0 Å². The number of carbonyl (C=O) groups excluding carboxylic acids is 3. The molecule has 0 atom stereocenters. The largest absolute Gasteiger partial charge is 0.487 e. The molecule has 4 rings (SSSR count). The minimum absolute atomic E-state index is 0.237. The average molecular weight is 485 g/mol. The van der Waals surface area contributed by atoms with Crippen LogP contribution >= 0.6 is 23.2 Å². The van der Waals surface area contributed by atoms with Crippen LogP contribution in [0.15, 0.2) is 72.3 Å². The number of nitrogens with zero attached hydrogens (tertiary/aromatic N) is 1. The molecule has 3 aromatic rings. The molecule has 1 aliphatic rings. The summed E-state index contributed by atoms with van der Waals surface area (Å²) in [4.78, 5) is 38.0. The van der Waals surface area contributed by atoms with Crippen molar-refractivity contribution in [1.82, 2.24) is 5.32 Å². The summed E-state index contributed by atoms with van der Waals surface area (Å²) in [7, 11) is 0. The highest BCUT2D eigenvalue weighted by Gasteiger charge is 2.37. The van der Waals surface area contributed by atoms with Crippen molar-refractivity contribution in [3.05, 3.63) is 99.3 Å². The van der Waals surface area contributed by atoms with E-state index in [1.807, 2.05) is 11.4 Å². The van der Waals surface area contributed by atoms with Gasteiger partial charge in [0.2, 0.25) is 0 Å². The van der Waals surface area contributed by atoms with Gasteiger partial charge in [0.15, 0.2) is 0 Å². The highest BCUT2D eigenvalue weighted by Crippen LogP contribution is 2.29. The second-order valence-electron chi connectivity index (χ2n) is 7.02. The van der Waals surface area contributed by atoms with Crippen molar-refractivity contribution in [3.8, 4) is 5.75 Å². The molecule has 0 radical (unpaired) electrons. The van der Waals surface area contributed by atoms with E-state index in [1.54, 1.807) is 30.3 Å². The molecule has 9 heteroatoms. The third kappa shape index (κ3) is 4.89. The van der Waals surface area contributed by atoms with Crippen LogP contribution in [0.25, 0.3) is 6.08 Å². The Bertz CT molecular complexity index is 1310. The number of hydrogen-bond acceptors (Lipinski definition) is 4. The van der Waals surface area contributed by atoms with Gasteiger partial charge in [-0.05, 0) is 53.6 Å². The van der Waals surface area contributed by atoms with Gasteiger partial charge in [0.05, 0.1) is 10.7 Å². The van der Waals surface area contributed by atoms with E-state index in [0.717, 1.165) is 11.6 Å². The average Bonchev–Trinajstić information content (AvgIpc) is 2.77. The van der Waals surface area contributed by atoms with Gasteiger partial charge in [-0.15, -0.1) is 0 Å². The number of para-hydroxylation sites is 1. The maximum absolute atomic E-state index is 14.2. The lowest BCUT2D eigenvalue weighted by atomic mass is 10.1. The number of urea groups is 1. The van der Waals surface area contributed by atoms with Gasteiger partial charge in [0, 0.05) is 5.02 Å². The Morgan fingerprint density at radius 2 is 1.76 bits per heavy atom. The summed E-state index contributed by atoms with van der Waals surface area (Å²) in [5, 5.41) is 2.88. The summed E-state index contributed by atoms with van der Waals surface area (Å²) in [6.45, 7) is 0.237. The maximum Gasteiger partial charge on any atom is 0.336 e. The molecule has 0 bridgehead atoms. The molecule has 3 aromatic carbocycles. The van der Waals surface area contributed by atoms with E-state index >= 15 is 0 Å². The normalized spacial score (nSPS) is 15.1. The molecule has 1 aliphatic heterocycles. The van der Waals surface area contributed by atoms with E-state index in [1.165, 1.54) is 30.3 Å². The number of ether oxygens (including phenoxy) is 1. The van der Waals surface area contributed by atoms with Gasteiger partial charge in [-0.2, -0.15) is 0 Å². The standard InChI is InChI=1S/C24H15Cl2FN2O4/c25-16-5-3-4-15(10-16)13-33-21-9-8-14(12-18(21)26)11-17-22(30)28-24(32)29(23(17)31)20-7-2-1-6-19(20)27/h1-12H,13H2,(H,28,30,32)/b17-11-. The van der Waals surface area contributed by atoms with Crippen molar-refractivity contribution in [2.24, 2.45) is 0 Å². The van der Waals surface area contributed by atoms with E-state index in [4.69, 9.17) is 27.9 Å². The third-order valence-electron chi connectivity index (χ3n) is 4.75. The number of halogens is 3. The van der Waals surface area contributed by atoms with E-state index in [9.17, 15) is 18.8 Å². The summed E-state index contributed by atoms with van der Waals surface area (Å²) in [5.41, 5.74) is 0.659. The Labute approximate surface area is 198 Å². The quantitative estimate of drug-likeness (QED) is 0.389. The number of hydrogen-bond donors (Lipinski definition) is 1. The number of anilines is 1. The van der Waals surface area contributed by atoms with Crippen molar-refractivity contribution in [2.45, 2.75) is 6.61 Å². The molecule has 6 nitrogen and oxygen atoms in total. The number of rotatable bonds is 5. The van der Waals surface area contributed by atoms with Crippen molar-refractivity contribution < 1.29 is 23.5 Å². The number of benzene rings is 3. The molecule has 1 N–H and O–H groups in total. The summed E-state index contributed by atoms with van der Waals surface area (Å²) in [5.74, 6) is -2.23. The predicted molar refractivity (Wildman–Crippen MR) is 123 cm³/mol. The first-order valence-electron chi connectivity index (χ1n) is 9.66. The van der Waals surface area contributed by atoms with Gasteiger partial charge < -0.3 is 4.74 Å². The Balaban J connectivity index is 1.57. The van der Waals surface area contributed by atoms with Crippen molar-refractivity contribution in [2.75, 3.05) is 4.90 Å². The van der Waals surface area contributed by atoms with Crippen molar-refractivity contribution in [1.29, 1.82) is 0 Å². The van der Waals surface area contributed by atoms with E-state index in [2.05, 4.69) is 0 Å². The monoisotopic (exact) mass is 484 g/mol. The Morgan fingerprint density at radius 1 is 0.970 bits per heavy atom. The lowest BCUT2D eigenvalue weighted by Gasteiger charge is -2.26. The molecular formula is C24H15Cl2FN2O4. The van der Waals surface area contributed by atoms with E-state index in [0.29, 0.717) is 21.2 Å². The number of imide groups is 2. The molecule has 0 unspecified atom stereocenters. The highest BCUT2D eigenvalue weighted by molar-refractivity contribution is 6.39. The molecule has 1 heterocycles. The minimum Gasteiger partial charge on any atom is -0.487 e. The fourth-order valence-electron chi connectivity index (χ4n) is 3.19. The smallest absolute Gasteiger partial charge is 0.336 e. The molecular weight excluding hydrogens is 470 g/mol. The first kappa shape index (κ1) is 22.5. The van der Waals surface area contributed by atoms with Crippen LogP contribution in [-0.2, 0) is 16.2 Å². The Morgan fingerprint density at radius 3 is 2.48 bits per heavy atom. The third-order valence-corrected chi connectivity index (χ3v) is 5.28.